The van der Waals surface area contributed by atoms with E-state index in [4.69, 9.17) is 38.3 Å². The first-order valence-electron chi connectivity index (χ1n) is 6.39. The molecule has 1 unspecified atom stereocenters. The molecule has 0 aromatic carbocycles. The smallest absolute Gasteiger partial charge is 0.321 e. The number of rotatable bonds is 10. The lowest BCUT2D eigenvalue weighted by Crippen LogP contribution is -2.32. The van der Waals surface area contributed by atoms with Crippen molar-refractivity contribution >= 4 is 35.6 Å². The van der Waals surface area contributed by atoms with Crippen molar-refractivity contribution in [2.24, 2.45) is 27.9 Å². The third kappa shape index (κ3) is 17.9. The monoisotopic (exact) mass is 353 g/mol. The molecule has 0 aromatic rings. The molecule has 0 aromatic heterocycles. The van der Waals surface area contributed by atoms with Gasteiger partial charge in [0.25, 0.3) is 0 Å². The Morgan fingerprint density at radius 3 is 1.91 bits per heavy atom. The molecule has 0 saturated carbocycles. The highest BCUT2D eigenvalue weighted by Crippen LogP contribution is 2.00. The molecule has 0 fully saturated rings. The Bertz CT molecular complexity index is 416. The number of hydrogen-bond acceptors (Lipinski definition) is 7. The Hall–Kier alpha value is -2.05. The Kier molecular flexibility index (Phi) is 13.7. The summed E-state index contributed by atoms with van der Waals surface area (Å²) in [6, 6.07) is -1.79. The van der Waals surface area contributed by atoms with E-state index in [1.165, 1.54) is 0 Å². The number of carbonyl (C=O) groups is 3. The average Bonchev–Trinajstić information content (AvgIpc) is 2.43. The molecule has 134 valence electrons. The van der Waals surface area contributed by atoms with Crippen LogP contribution in [0.25, 0.3) is 0 Å². The quantitative estimate of drug-likeness (QED) is 0.125. The van der Waals surface area contributed by atoms with Gasteiger partial charge in [-0.1, -0.05) is 0 Å². The van der Waals surface area contributed by atoms with Crippen molar-refractivity contribution in [2.45, 2.75) is 24.9 Å². The summed E-state index contributed by atoms with van der Waals surface area (Å²) < 4.78 is 0. The standard InChI is InChI=1S/C6H14N4O2.C5H9NO4S/c7-4(5(11)12)2-1-3-10-6(8)9;6-3(5(9)10)1-11-2-4(7)8/h4H,1-3,7H2,(H,11,12)(H4,8,9,10);3H,1-2,6H2,(H,7,8)(H,9,10)/t;3-/m.1/s1. The third-order valence-electron chi connectivity index (χ3n) is 2.12. The lowest BCUT2D eigenvalue weighted by atomic mass is 10.2. The van der Waals surface area contributed by atoms with E-state index in [1.807, 2.05) is 0 Å². The van der Waals surface area contributed by atoms with Crippen LogP contribution < -0.4 is 22.9 Å². The molecule has 11 nitrogen and oxygen atoms in total. The Morgan fingerprint density at radius 1 is 1.00 bits per heavy atom. The fourth-order valence-electron chi connectivity index (χ4n) is 0.987. The number of aliphatic imine (C=N–C) groups is 1. The molecule has 0 amide bonds. The van der Waals surface area contributed by atoms with Gasteiger partial charge in [0.2, 0.25) is 0 Å². The highest BCUT2D eigenvalue weighted by molar-refractivity contribution is 8.00. The summed E-state index contributed by atoms with van der Waals surface area (Å²) in [5.74, 6) is -3.04. The van der Waals surface area contributed by atoms with Crippen molar-refractivity contribution < 1.29 is 29.7 Å². The number of nitrogens with zero attached hydrogens (tertiary/aromatic N) is 1. The van der Waals surface area contributed by atoms with E-state index in [2.05, 4.69) is 4.99 Å². The largest absolute Gasteiger partial charge is 0.481 e. The van der Waals surface area contributed by atoms with Crippen LogP contribution in [0, 0.1) is 0 Å². The average molecular weight is 353 g/mol. The molecular formula is C11H23N5O6S. The summed E-state index contributed by atoms with van der Waals surface area (Å²) >= 11 is 0.992. The topological polar surface area (TPSA) is 228 Å². The minimum absolute atomic E-state index is 0.0129. The SMILES string of the molecule is NC(N)=NCCCC(N)C(=O)O.N[C@H](CSCC(=O)O)C(=O)O. The van der Waals surface area contributed by atoms with Crippen LogP contribution in [0.15, 0.2) is 4.99 Å². The van der Waals surface area contributed by atoms with E-state index < -0.39 is 30.0 Å². The van der Waals surface area contributed by atoms with Gasteiger partial charge in [0.15, 0.2) is 5.96 Å². The summed E-state index contributed by atoms with van der Waals surface area (Å²) in [6.45, 7) is 0.420. The van der Waals surface area contributed by atoms with E-state index in [-0.39, 0.29) is 17.5 Å². The van der Waals surface area contributed by atoms with Crippen molar-refractivity contribution in [1.29, 1.82) is 0 Å². The number of nitrogens with two attached hydrogens (primary N) is 4. The van der Waals surface area contributed by atoms with Gasteiger partial charge in [-0.2, -0.15) is 0 Å². The molecule has 2 atom stereocenters. The van der Waals surface area contributed by atoms with Crippen LogP contribution in [0.5, 0.6) is 0 Å². The summed E-state index contributed by atoms with van der Waals surface area (Å²) in [5, 5.41) is 24.8. The first-order valence-corrected chi connectivity index (χ1v) is 7.55. The molecule has 12 heteroatoms. The maximum Gasteiger partial charge on any atom is 0.321 e. The zero-order valence-electron chi connectivity index (χ0n) is 12.4. The van der Waals surface area contributed by atoms with Crippen molar-refractivity contribution in [3.05, 3.63) is 0 Å². The minimum Gasteiger partial charge on any atom is -0.481 e. The van der Waals surface area contributed by atoms with Gasteiger partial charge in [0.05, 0.1) is 5.75 Å². The maximum absolute atomic E-state index is 10.2. The van der Waals surface area contributed by atoms with Crippen LogP contribution in [-0.4, -0.2) is 69.3 Å². The summed E-state index contributed by atoms with van der Waals surface area (Å²) in [4.78, 5) is 33.9. The van der Waals surface area contributed by atoms with Crippen molar-refractivity contribution in [3.63, 3.8) is 0 Å². The second-order valence-corrected chi connectivity index (χ2v) is 5.28. The van der Waals surface area contributed by atoms with Crippen molar-refractivity contribution in [2.75, 3.05) is 18.1 Å². The van der Waals surface area contributed by atoms with Crippen LogP contribution in [0.2, 0.25) is 0 Å². The van der Waals surface area contributed by atoms with Crippen molar-refractivity contribution in [3.8, 4) is 0 Å². The molecule has 0 aliphatic carbocycles. The van der Waals surface area contributed by atoms with Crippen molar-refractivity contribution in [1.82, 2.24) is 0 Å². The van der Waals surface area contributed by atoms with E-state index in [1.54, 1.807) is 0 Å². The van der Waals surface area contributed by atoms with E-state index in [0.29, 0.717) is 19.4 Å². The molecule has 0 aliphatic rings. The van der Waals surface area contributed by atoms with E-state index in [0.717, 1.165) is 11.8 Å². The fraction of sp³-hybridized carbons (Fsp3) is 0.636. The van der Waals surface area contributed by atoms with Crippen LogP contribution in [0.1, 0.15) is 12.8 Å². The molecule has 0 rings (SSSR count). The highest BCUT2D eigenvalue weighted by atomic mass is 32.2. The van der Waals surface area contributed by atoms with Gasteiger partial charge < -0.3 is 38.3 Å². The molecular weight excluding hydrogens is 330 g/mol. The number of thioether (sulfide) groups is 1. The Balaban J connectivity index is 0. The lowest BCUT2D eigenvalue weighted by molar-refractivity contribution is -0.139. The second kappa shape index (κ2) is 13.6. The molecule has 0 radical (unpaired) electrons. The molecule has 0 heterocycles. The number of carboxylic acid groups (broad SMARTS) is 3. The summed E-state index contributed by atoms with van der Waals surface area (Å²) in [6.07, 6.45) is 0.956. The molecule has 0 bridgehead atoms. The predicted molar refractivity (Wildman–Crippen MR) is 86.1 cm³/mol. The van der Waals surface area contributed by atoms with Crippen LogP contribution >= 0.6 is 11.8 Å². The molecule has 0 saturated heterocycles. The van der Waals surface area contributed by atoms with Crippen LogP contribution in [0.4, 0.5) is 0 Å². The van der Waals surface area contributed by atoms with E-state index >= 15 is 0 Å². The van der Waals surface area contributed by atoms with Crippen LogP contribution in [0.3, 0.4) is 0 Å². The number of guanidine groups is 1. The van der Waals surface area contributed by atoms with Crippen LogP contribution in [-0.2, 0) is 14.4 Å². The lowest BCUT2D eigenvalue weighted by Gasteiger charge is -2.03. The number of aliphatic carboxylic acids is 3. The van der Waals surface area contributed by atoms with Gasteiger partial charge in [-0.25, -0.2) is 0 Å². The zero-order valence-corrected chi connectivity index (χ0v) is 13.2. The minimum atomic E-state index is -1.11. The van der Waals surface area contributed by atoms with Gasteiger partial charge in [-0.3, -0.25) is 19.4 Å². The first kappa shape index (κ1) is 23.2. The van der Waals surface area contributed by atoms with E-state index in [9.17, 15) is 14.4 Å². The first-order chi connectivity index (χ1) is 10.6. The fourth-order valence-corrected chi connectivity index (χ4v) is 1.68. The van der Waals surface area contributed by atoms with Gasteiger partial charge in [0, 0.05) is 12.3 Å². The summed E-state index contributed by atoms with van der Waals surface area (Å²) in [7, 11) is 0. The normalized spacial score (nSPS) is 12.3. The highest BCUT2D eigenvalue weighted by Gasteiger charge is 2.11. The number of hydrogen-bond donors (Lipinski definition) is 7. The molecule has 0 aliphatic heterocycles. The second-order valence-electron chi connectivity index (χ2n) is 4.25. The zero-order chi connectivity index (χ0) is 18.4. The van der Waals surface area contributed by atoms with Gasteiger partial charge in [-0.15, -0.1) is 11.8 Å². The maximum atomic E-state index is 10.2. The summed E-state index contributed by atoms with van der Waals surface area (Å²) in [5.41, 5.74) is 20.4. The van der Waals surface area contributed by atoms with Gasteiger partial charge in [-0.05, 0) is 12.8 Å². The van der Waals surface area contributed by atoms with Gasteiger partial charge >= 0.3 is 17.9 Å². The molecule has 11 N–H and O–H groups in total. The Morgan fingerprint density at radius 2 is 1.52 bits per heavy atom. The van der Waals surface area contributed by atoms with Gasteiger partial charge in [0.1, 0.15) is 12.1 Å². The molecule has 23 heavy (non-hydrogen) atoms. The predicted octanol–water partition coefficient (Wildman–Crippen LogP) is -2.33. The number of carboxylic acids is 3. The molecule has 0 spiro atoms. The Labute approximate surface area is 137 Å². The third-order valence-corrected chi connectivity index (χ3v) is 3.17.